The molecule has 56 valence electrons. The van der Waals surface area contributed by atoms with Crippen molar-refractivity contribution in [2.75, 3.05) is 0 Å². The van der Waals surface area contributed by atoms with Gasteiger partial charge in [-0.15, -0.1) is 10.2 Å². The number of hydrogen-bond donors (Lipinski definition) is 0. The predicted octanol–water partition coefficient (Wildman–Crippen LogP) is 2.37. The lowest BCUT2D eigenvalue weighted by molar-refractivity contribution is 0.289. The second kappa shape index (κ2) is 1.84. The van der Waals surface area contributed by atoms with Crippen LogP contribution in [-0.4, -0.2) is 0 Å². The van der Waals surface area contributed by atoms with Gasteiger partial charge in [0.05, 0.1) is 0 Å². The van der Waals surface area contributed by atoms with Gasteiger partial charge in [-0.25, -0.2) is 4.39 Å². The Morgan fingerprint density at radius 1 is 1.09 bits per heavy atom. The molecule has 0 aromatic heterocycles. The van der Waals surface area contributed by atoms with Gasteiger partial charge in [0, 0.05) is 5.56 Å². The van der Waals surface area contributed by atoms with Crippen molar-refractivity contribution in [2.45, 2.75) is 5.92 Å². The van der Waals surface area contributed by atoms with E-state index < -0.39 is 11.7 Å². The molecule has 0 saturated heterocycles. The van der Waals surface area contributed by atoms with Gasteiger partial charge in [-0.1, -0.05) is 0 Å². The first kappa shape index (κ1) is 6.39. The molecule has 0 spiro atoms. The summed E-state index contributed by atoms with van der Waals surface area (Å²) in [7, 11) is 0. The van der Waals surface area contributed by atoms with E-state index in [1.807, 2.05) is 0 Å². The first-order valence-electron chi connectivity index (χ1n) is 3.10. The van der Waals surface area contributed by atoms with Gasteiger partial charge < -0.3 is 0 Å². The zero-order valence-electron chi connectivity index (χ0n) is 5.46. The maximum Gasteiger partial charge on any atom is 0.354 e. The van der Waals surface area contributed by atoms with Crippen LogP contribution in [0.4, 0.5) is 8.78 Å². The molecule has 1 aliphatic rings. The lowest BCUT2D eigenvalue weighted by Crippen LogP contribution is -1.98. The molecule has 0 aliphatic carbocycles. The van der Waals surface area contributed by atoms with E-state index in [0.717, 1.165) is 0 Å². The molecule has 1 aromatic carbocycles. The number of rotatable bonds is 1. The van der Waals surface area contributed by atoms with Gasteiger partial charge in [0.25, 0.3) is 0 Å². The summed E-state index contributed by atoms with van der Waals surface area (Å²) in [4.78, 5) is 0. The molecule has 2 nitrogen and oxygen atoms in total. The fraction of sp³-hybridized carbons (Fsp3) is 0.143. The van der Waals surface area contributed by atoms with Gasteiger partial charge in [0.2, 0.25) is 0 Å². The van der Waals surface area contributed by atoms with Crippen LogP contribution in [0, 0.1) is 5.82 Å². The minimum atomic E-state index is -1.88. The van der Waals surface area contributed by atoms with Crippen LogP contribution >= 0.6 is 0 Å². The SMILES string of the molecule is Fc1ccc(C2(F)N=N2)cc1. The molecule has 0 unspecified atom stereocenters. The molecule has 2 rings (SSSR count). The fourth-order valence-corrected chi connectivity index (χ4v) is 0.821. The monoisotopic (exact) mass is 154 g/mol. The third kappa shape index (κ3) is 1.00. The Hall–Kier alpha value is -1.32. The number of alkyl halides is 1. The van der Waals surface area contributed by atoms with E-state index in [9.17, 15) is 8.78 Å². The summed E-state index contributed by atoms with van der Waals surface area (Å²) >= 11 is 0. The van der Waals surface area contributed by atoms with Crippen LogP contribution < -0.4 is 0 Å². The molecule has 0 atom stereocenters. The van der Waals surface area contributed by atoms with E-state index in [1.54, 1.807) is 0 Å². The molecular weight excluding hydrogens is 150 g/mol. The van der Waals surface area contributed by atoms with E-state index >= 15 is 0 Å². The smallest absolute Gasteiger partial charge is 0.207 e. The highest BCUT2D eigenvalue weighted by molar-refractivity contribution is 5.24. The summed E-state index contributed by atoms with van der Waals surface area (Å²) in [6.45, 7) is 0. The molecule has 0 bridgehead atoms. The van der Waals surface area contributed by atoms with E-state index in [4.69, 9.17) is 0 Å². The van der Waals surface area contributed by atoms with Crippen LogP contribution in [-0.2, 0) is 5.92 Å². The Morgan fingerprint density at radius 2 is 1.64 bits per heavy atom. The van der Waals surface area contributed by atoms with Crippen molar-refractivity contribution in [1.82, 2.24) is 0 Å². The second-order valence-corrected chi connectivity index (χ2v) is 2.29. The lowest BCUT2D eigenvalue weighted by Gasteiger charge is -1.98. The Labute approximate surface area is 61.6 Å². The van der Waals surface area contributed by atoms with Gasteiger partial charge in [0.15, 0.2) is 0 Å². The van der Waals surface area contributed by atoms with Crippen molar-refractivity contribution in [2.24, 2.45) is 10.2 Å². The summed E-state index contributed by atoms with van der Waals surface area (Å²) in [6.07, 6.45) is 0. The van der Waals surface area contributed by atoms with Crippen LogP contribution in [0.1, 0.15) is 5.56 Å². The van der Waals surface area contributed by atoms with E-state index in [1.165, 1.54) is 24.3 Å². The van der Waals surface area contributed by atoms with Crippen LogP contribution in [0.25, 0.3) is 0 Å². The Morgan fingerprint density at radius 3 is 2.09 bits per heavy atom. The van der Waals surface area contributed by atoms with Gasteiger partial charge in [-0.3, -0.25) is 0 Å². The third-order valence-corrected chi connectivity index (χ3v) is 1.49. The minimum absolute atomic E-state index is 0.277. The highest BCUT2D eigenvalue weighted by Gasteiger charge is 2.42. The molecule has 4 heteroatoms. The molecule has 0 N–H and O–H groups in total. The molecule has 1 heterocycles. The quantitative estimate of drug-likeness (QED) is 0.555. The standard InChI is InChI=1S/C7H4F2N2/c8-6-3-1-5(2-4-6)7(9)10-11-7/h1-4H. The molecule has 0 saturated carbocycles. The van der Waals surface area contributed by atoms with Crippen molar-refractivity contribution in [3.63, 3.8) is 0 Å². The molecule has 0 amide bonds. The van der Waals surface area contributed by atoms with Crippen molar-refractivity contribution >= 4 is 0 Å². The normalized spacial score (nSPS) is 18.4. The summed E-state index contributed by atoms with van der Waals surface area (Å²) in [5.41, 5.74) is 0.277. The second-order valence-electron chi connectivity index (χ2n) is 2.29. The average molecular weight is 154 g/mol. The maximum atomic E-state index is 12.9. The Kier molecular flexibility index (Phi) is 1.07. The highest BCUT2D eigenvalue weighted by atomic mass is 19.2. The van der Waals surface area contributed by atoms with Crippen molar-refractivity contribution < 1.29 is 8.78 Å². The first-order valence-corrected chi connectivity index (χ1v) is 3.10. The van der Waals surface area contributed by atoms with Crippen LogP contribution in [0.3, 0.4) is 0 Å². The van der Waals surface area contributed by atoms with E-state index in [0.29, 0.717) is 0 Å². The molecule has 0 radical (unpaired) electrons. The third-order valence-electron chi connectivity index (χ3n) is 1.49. The highest BCUT2D eigenvalue weighted by Crippen LogP contribution is 2.40. The number of benzene rings is 1. The Bertz CT molecular complexity index is 299. The maximum absolute atomic E-state index is 12.9. The van der Waals surface area contributed by atoms with Crippen molar-refractivity contribution in [3.05, 3.63) is 35.6 Å². The van der Waals surface area contributed by atoms with Gasteiger partial charge in [-0.2, -0.15) is 4.39 Å². The molecule has 0 fully saturated rings. The zero-order valence-corrected chi connectivity index (χ0v) is 5.46. The largest absolute Gasteiger partial charge is 0.354 e. The molecule has 1 aliphatic heterocycles. The van der Waals surface area contributed by atoms with Crippen LogP contribution in [0.2, 0.25) is 0 Å². The number of nitrogens with zero attached hydrogens (tertiary/aromatic N) is 2. The molecular formula is C7H4F2N2. The van der Waals surface area contributed by atoms with E-state index in [2.05, 4.69) is 10.2 Å². The topological polar surface area (TPSA) is 24.7 Å². The first-order chi connectivity index (χ1) is 5.21. The van der Waals surface area contributed by atoms with Crippen LogP contribution in [0.5, 0.6) is 0 Å². The van der Waals surface area contributed by atoms with Gasteiger partial charge in [-0.05, 0) is 24.3 Å². The summed E-state index contributed by atoms with van der Waals surface area (Å²) < 4.78 is 25.2. The average Bonchev–Trinajstić information content (AvgIpc) is 2.70. The summed E-state index contributed by atoms with van der Waals surface area (Å²) in [6, 6.07) is 5.02. The summed E-state index contributed by atoms with van der Waals surface area (Å²) in [5.74, 6) is -2.27. The van der Waals surface area contributed by atoms with Gasteiger partial charge in [0.1, 0.15) is 5.82 Å². The fourth-order valence-electron chi connectivity index (χ4n) is 0.821. The number of hydrogen-bond acceptors (Lipinski definition) is 2. The van der Waals surface area contributed by atoms with Crippen molar-refractivity contribution in [3.8, 4) is 0 Å². The van der Waals surface area contributed by atoms with Gasteiger partial charge >= 0.3 is 5.92 Å². The minimum Gasteiger partial charge on any atom is -0.207 e. The molecule has 11 heavy (non-hydrogen) atoms. The van der Waals surface area contributed by atoms with Crippen LogP contribution in [0.15, 0.2) is 34.5 Å². The predicted molar refractivity (Wildman–Crippen MR) is 34.0 cm³/mol. The van der Waals surface area contributed by atoms with E-state index in [-0.39, 0.29) is 5.56 Å². The van der Waals surface area contributed by atoms with Crippen molar-refractivity contribution in [1.29, 1.82) is 0 Å². The Balaban J connectivity index is 2.34. The summed E-state index contributed by atoms with van der Waals surface area (Å²) in [5, 5.41) is 6.34. The molecule has 1 aromatic rings. The zero-order chi connectivity index (χ0) is 7.90. The number of halogens is 2. The lowest BCUT2D eigenvalue weighted by atomic mass is 10.2.